The van der Waals surface area contributed by atoms with Crippen LogP contribution in [-0.2, 0) is 9.47 Å². The highest BCUT2D eigenvalue weighted by Gasteiger charge is 2.12. The van der Waals surface area contributed by atoms with Crippen LogP contribution in [0.2, 0.25) is 0 Å². The SMILES string of the molecule is CCCCOCCOCC[CH]c1ccc2c(c1)OCO2. The van der Waals surface area contributed by atoms with Gasteiger partial charge in [-0.2, -0.15) is 0 Å². The Labute approximate surface area is 121 Å². The number of fused-ring (bicyclic) bond motifs is 1. The van der Waals surface area contributed by atoms with Gasteiger partial charge >= 0.3 is 0 Å². The first-order valence-corrected chi connectivity index (χ1v) is 7.28. The van der Waals surface area contributed by atoms with Crippen molar-refractivity contribution in [3.8, 4) is 11.5 Å². The summed E-state index contributed by atoms with van der Waals surface area (Å²) < 4.78 is 21.6. The molecule has 0 amide bonds. The topological polar surface area (TPSA) is 36.9 Å². The highest BCUT2D eigenvalue weighted by Crippen LogP contribution is 2.32. The van der Waals surface area contributed by atoms with Crippen molar-refractivity contribution in [2.45, 2.75) is 26.2 Å². The van der Waals surface area contributed by atoms with E-state index in [1.165, 1.54) is 6.42 Å². The molecule has 1 radical (unpaired) electrons. The standard InChI is InChI=1S/C16H23O4/c1-2-3-8-17-10-11-18-9-4-5-14-6-7-15-16(12-14)20-13-19-15/h5-7,12H,2-4,8-11,13H2,1H3. The minimum Gasteiger partial charge on any atom is -0.454 e. The molecule has 4 heteroatoms. The average Bonchev–Trinajstić information content (AvgIpc) is 2.93. The van der Waals surface area contributed by atoms with Gasteiger partial charge in [0.2, 0.25) is 6.79 Å². The van der Waals surface area contributed by atoms with Crippen LogP contribution in [0.15, 0.2) is 18.2 Å². The van der Waals surface area contributed by atoms with Gasteiger partial charge in [-0.1, -0.05) is 19.4 Å². The molecule has 1 heterocycles. The zero-order chi connectivity index (χ0) is 14.0. The molecule has 0 atom stereocenters. The van der Waals surface area contributed by atoms with Crippen LogP contribution >= 0.6 is 0 Å². The van der Waals surface area contributed by atoms with Crippen molar-refractivity contribution >= 4 is 0 Å². The smallest absolute Gasteiger partial charge is 0.231 e. The van der Waals surface area contributed by atoms with E-state index in [2.05, 4.69) is 13.3 Å². The molecule has 0 aliphatic carbocycles. The van der Waals surface area contributed by atoms with Gasteiger partial charge in [-0.25, -0.2) is 0 Å². The maximum Gasteiger partial charge on any atom is 0.231 e. The Morgan fingerprint density at radius 1 is 1.05 bits per heavy atom. The molecule has 0 aromatic heterocycles. The summed E-state index contributed by atoms with van der Waals surface area (Å²) in [5.74, 6) is 1.65. The molecule has 0 bridgehead atoms. The molecule has 1 aromatic rings. The Balaban J connectivity index is 1.51. The van der Waals surface area contributed by atoms with Crippen molar-refractivity contribution in [2.24, 2.45) is 0 Å². The van der Waals surface area contributed by atoms with Crippen LogP contribution < -0.4 is 9.47 Å². The Morgan fingerprint density at radius 3 is 2.70 bits per heavy atom. The van der Waals surface area contributed by atoms with Crippen molar-refractivity contribution in [1.29, 1.82) is 0 Å². The molecule has 0 spiro atoms. The molecule has 4 nitrogen and oxygen atoms in total. The van der Waals surface area contributed by atoms with Gasteiger partial charge in [0, 0.05) is 13.2 Å². The summed E-state index contributed by atoms with van der Waals surface area (Å²) >= 11 is 0. The van der Waals surface area contributed by atoms with Crippen LogP contribution in [0, 0.1) is 6.42 Å². The third kappa shape index (κ3) is 5.02. The molecule has 20 heavy (non-hydrogen) atoms. The molecule has 2 rings (SSSR count). The minimum absolute atomic E-state index is 0.319. The molecule has 1 aliphatic heterocycles. The van der Waals surface area contributed by atoms with Crippen molar-refractivity contribution in [3.63, 3.8) is 0 Å². The predicted octanol–water partition coefficient (Wildman–Crippen LogP) is 3.19. The van der Waals surface area contributed by atoms with Gasteiger partial charge in [-0.05, 0) is 37.0 Å². The Morgan fingerprint density at radius 2 is 1.85 bits per heavy atom. The fourth-order valence-electron chi connectivity index (χ4n) is 1.92. The predicted molar refractivity (Wildman–Crippen MR) is 77.1 cm³/mol. The van der Waals surface area contributed by atoms with Crippen LogP contribution in [0.1, 0.15) is 31.7 Å². The van der Waals surface area contributed by atoms with Crippen molar-refractivity contribution < 1.29 is 18.9 Å². The Kier molecular flexibility index (Phi) is 6.68. The summed E-state index contributed by atoms with van der Waals surface area (Å²) in [6, 6.07) is 5.97. The Hall–Kier alpha value is -1.26. The summed E-state index contributed by atoms with van der Waals surface area (Å²) in [6.45, 7) is 5.38. The van der Waals surface area contributed by atoms with E-state index in [9.17, 15) is 0 Å². The zero-order valence-electron chi connectivity index (χ0n) is 12.1. The normalized spacial score (nSPS) is 12.8. The van der Waals surface area contributed by atoms with Crippen LogP contribution in [0.3, 0.4) is 0 Å². The number of hydrogen-bond acceptors (Lipinski definition) is 4. The monoisotopic (exact) mass is 279 g/mol. The van der Waals surface area contributed by atoms with Crippen LogP contribution in [-0.4, -0.2) is 33.2 Å². The molecule has 0 saturated carbocycles. The number of benzene rings is 1. The second-order valence-corrected chi connectivity index (χ2v) is 4.68. The Bertz CT molecular complexity index is 392. The third-order valence-electron chi connectivity index (χ3n) is 3.05. The molecule has 1 aromatic carbocycles. The zero-order valence-corrected chi connectivity index (χ0v) is 12.1. The van der Waals surface area contributed by atoms with Crippen molar-refractivity contribution in [3.05, 3.63) is 30.2 Å². The van der Waals surface area contributed by atoms with Gasteiger partial charge in [-0.3, -0.25) is 0 Å². The lowest BCUT2D eigenvalue weighted by atomic mass is 10.1. The van der Waals surface area contributed by atoms with Crippen LogP contribution in [0.4, 0.5) is 0 Å². The van der Waals surface area contributed by atoms with Gasteiger partial charge in [0.1, 0.15) is 0 Å². The highest BCUT2D eigenvalue weighted by atomic mass is 16.7. The summed E-state index contributed by atoms with van der Waals surface area (Å²) in [6.07, 6.45) is 5.32. The molecule has 0 N–H and O–H groups in total. The lowest BCUT2D eigenvalue weighted by Gasteiger charge is -2.06. The van der Waals surface area contributed by atoms with E-state index in [-0.39, 0.29) is 0 Å². The average molecular weight is 279 g/mol. The molecule has 1 aliphatic rings. The second kappa shape index (κ2) is 8.82. The molecule has 0 fully saturated rings. The molecule has 0 saturated heterocycles. The molecular weight excluding hydrogens is 256 g/mol. The number of ether oxygens (including phenoxy) is 4. The van der Waals surface area contributed by atoms with Gasteiger partial charge < -0.3 is 18.9 Å². The van der Waals surface area contributed by atoms with Gasteiger partial charge in [0.25, 0.3) is 0 Å². The first-order valence-electron chi connectivity index (χ1n) is 7.28. The second-order valence-electron chi connectivity index (χ2n) is 4.68. The van der Waals surface area contributed by atoms with E-state index in [4.69, 9.17) is 18.9 Å². The van der Waals surface area contributed by atoms with E-state index in [0.717, 1.165) is 36.5 Å². The van der Waals surface area contributed by atoms with Crippen LogP contribution in [0.5, 0.6) is 11.5 Å². The quantitative estimate of drug-likeness (QED) is 0.616. The van der Waals surface area contributed by atoms with E-state index in [0.29, 0.717) is 26.6 Å². The number of rotatable bonds is 10. The first-order chi connectivity index (χ1) is 9.90. The number of unbranched alkanes of at least 4 members (excludes halogenated alkanes) is 1. The maximum atomic E-state index is 5.52. The summed E-state index contributed by atoms with van der Waals surface area (Å²) in [5, 5.41) is 0. The van der Waals surface area contributed by atoms with Crippen LogP contribution in [0.25, 0.3) is 0 Å². The van der Waals surface area contributed by atoms with E-state index < -0.39 is 0 Å². The molecule has 111 valence electrons. The van der Waals surface area contributed by atoms with Gasteiger partial charge in [0.15, 0.2) is 11.5 Å². The van der Waals surface area contributed by atoms with Crippen molar-refractivity contribution in [1.82, 2.24) is 0 Å². The maximum absolute atomic E-state index is 5.52. The fourth-order valence-corrected chi connectivity index (χ4v) is 1.92. The van der Waals surface area contributed by atoms with E-state index in [1.807, 2.05) is 18.2 Å². The lowest BCUT2D eigenvalue weighted by Crippen LogP contribution is -2.06. The fraction of sp³-hybridized carbons (Fsp3) is 0.562. The lowest BCUT2D eigenvalue weighted by molar-refractivity contribution is 0.0478. The molecular formula is C16H23O4. The van der Waals surface area contributed by atoms with E-state index in [1.54, 1.807) is 0 Å². The highest BCUT2D eigenvalue weighted by molar-refractivity contribution is 5.46. The van der Waals surface area contributed by atoms with Gasteiger partial charge in [0.05, 0.1) is 13.2 Å². The third-order valence-corrected chi connectivity index (χ3v) is 3.05. The number of hydrogen-bond donors (Lipinski definition) is 0. The summed E-state index contributed by atoms with van der Waals surface area (Å²) in [5.41, 5.74) is 1.14. The first kappa shape index (κ1) is 15.1. The van der Waals surface area contributed by atoms with Gasteiger partial charge in [-0.15, -0.1) is 0 Å². The largest absolute Gasteiger partial charge is 0.454 e. The molecule has 0 unspecified atom stereocenters. The summed E-state index contributed by atoms with van der Waals surface area (Å²) in [4.78, 5) is 0. The van der Waals surface area contributed by atoms with Crippen molar-refractivity contribution in [2.75, 3.05) is 33.2 Å². The summed E-state index contributed by atoms with van der Waals surface area (Å²) in [7, 11) is 0. The minimum atomic E-state index is 0.319. The van der Waals surface area contributed by atoms with E-state index >= 15 is 0 Å².